The zero-order valence-corrected chi connectivity index (χ0v) is 14.7. The monoisotopic (exact) mass is 344 g/mol. The highest BCUT2D eigenvalue weighted by Crippen LogP contribution is 2.16. The number of nitrogens with zero attached hydrogens (tertiary/aromatic N) is 2. The van der Waals surface area contributed by atoms with E-state index in [1.165, 1.54) is 5.69 Å². The molecule has 0 aromatic heterocycles. The number of benzene rings is 1. The van der Waals surface area contributed by atoms with Crippen molar-refractivity contribution in [3.8, 4) is 0 Å². The van der Waals surface area contributed by atoms with E-state index in [0.717, 1.165) is 52.1 Å². The van der Waals surface area contributed by atoms with E-state index in [1.54, 1.807) is 0 Å². The van der Waals surface area contributed by atoms with Gasteiger partial charge in [0.25, 0.3) is 0 Å². The molecule has 1 atom stereocenters. The molecule has 3 rings (SSSR count). The van der Waals surface area contributed by atoms with Crippen LogP contribution in [0.25, 0.3) is 0 Å². The number of nitrogens with one attached hydrogen (secondary N) is 2. The third-order valence-electron chi connectivity index (χ3n) is 5.06. The zero-order valence-electron chi connectivity index (χ0n) is 14.7. The van der Waals surface area contributed by atoms with E-state index in [1.807, 2.05) is 23.1 Å². The number of hydrogen-bond donors (Lipinski definition) is 2. The molecule has 1 aromatic rings. The fourth-order valence-corrected chi connectivity index (χ4v) is 3.52. The predicted molar refractivity (Wildman–Crippen MR) is 98.5 cm³/mol. The first-order valence-corrected chi connectivity index (χ1v) is 9.30. The maximum absolute atomic E-state index is 12.3. The van der Waals surface area contributed by atoms with Gasteiger partial charge < -0.3 is 20.4 Å². The summed E-state index contributed by atoms with van der Waals surface area (Å²) < 4.78 is 0. The van der Waals surface area contributed by atoms with Crippen LogP contribution in [0.15, 0.2) is 30.3 Å². The highest BCUT2D eigenvalue weighted by Gasteiger charge is 2.23. The van der Waals surface area contributed by atoms with E-state index in [2.05, 4.69) is 27.7 Å². The number of carbonyl (C=O) groups is 2. The fourth-order valence-electron chi connectivity index (χ4n) is 3.52. The van der Waals surface area contributed by atoms with E-state index in [4.69, 9.17) is 0 Å². The summed E-state index contributed by atoms with van der Waals surface area (Å²) in [6.45, 7) is 5.39. The lowest BCUT2D eigenvalue weighted by molar-refractivity contribution is -0.131. The first-order chi connectivity index (χ1) is 12.2. The molecule has 25 heavy (non-hydrogen) atoms. The number of piperazine rings is 1. The van der Waals surface area contributed by atoms with Gasteiger partial charge in [-0.25, -0.2) is 0 Å². The Morgan fingerprint density at radius 2 is 1.88 bits per heavy atom. The largest absolute Gasteiger partial charge is 0.368 e. The minimum absolute atomic E-state index is 0.0540. The number of rotatable bonds is 5. The molecule has 1 aromatic carbocycles. The summed E-state index contributed by atoms with van der Waals surface area (Å²) >= 11 is 0. The molecule has 0 spiro atoms. The first-order valence-electron chi connectivity index (χ1n) is 9.30. The van der Waals surface area contributed by atoms with E-state index in [9.17, 15) is 9.59 Å². The predicted octanol–water partition coefficient (Wildman–Crippen LogP) is 0.841. The van der Waals surface area contributed by atoms with Crippen LogP contribution < -0.4 is 15.5 Å². The van der Waals surface area contributed by atoms with Crippen LogP contribution in [0.4, 0.5) is 5.69 Å². The quantitative estimate of drug-likeness (QED) is 0.831. The molecule has 2 amide bonds. The number of amides is 2. The minimum Gasteiger partial charge on any atom is -0.368 e. The molecule has 6 heteroatoms. The highest BCUT2D eigenvalue weighted by molar-refractivity contribution is 5.81. The smallest absolute Gasteiger partial charge is 0.224 e. The molecule has 2 N–H and O–H groups in total. The lowest BCUT2D eigenvalue weighted by Crippen LogP contribution is -2.49. The Morgan fingerprint density at radius 1 is 1.12 bits per heavy atom. The third kappa shape index (κ3) is 4.95. The van der Waals surface area contributed by atoms with Crippen LogP contribution in [0.1, 0.15) is 19.3 Å². The summed E-state index contributed by atoms with van der Waals surface area (Å²) in [5.41, 5.74) is 1.21. The molecule has 2 heterocycles. The maximum atomic E-state index is 12.3. The van der Waals surface area contributed by atoms with Crippen LogP contribution in [-0.2, 0) is 9.59 Å². The normalized spacial score (nSPS) is 21.0. The van der Waals surface area contributed by atoms with Crippen molar-refractivity contribution in [2.24, 2.45) is 5.92 Å². The van der Waals surface area contributed by atoms with Crippen molar-refractivity contribution in [2.75, 3.05) is 50.7 Å². The third-order valence-corrected chi connectivity index (χ3v) is 5.06. The Kier molecular flexibility index (Phi) is 6.28. The van der Waals surface area contributed by atoms with E-state index in [-0.39, 0.29) is 17.7 Å². The molecule has 136 valence electrons. The molecule has 2 fully saturated rings. The van der Waals surface area contributed by atoms with E-state index in [0.29, 0.717) is 13.0 Å². The fraction of sp³-hybridized carbons (Fsp3) is 0.579. The molecule has 0 bridgehead atoms. The number of carbonyl (C=O) groups excluding carboxylic acids is 2. The number of piperidine rings is 1. The molecule has 0 aliphatic carbocycles. The second-order valence-corrected chi connectivity index (χ2v) is 6.79. The van der Waals surface area contributed by atoms with Crippen molar-refractivity contribution in [3.63, 3.8) is 0 Å². The van der Waals surface area contributed by atoms with Crippen molar-refractivity contribution in [3.05, 3.63) is 30.3 Å². The van der Waals surface area contributed by atoms with E-state index >= 15 is 0 Å². The van der Waals surface area contributed by atoms with Gasteiger partial charge in [0.1, 0.15) is 0 Å². The summed E-state index contributed by atoms with van der Waals surface area (Å²) in [5.74, 6) is 0.266. The molecule has 6 nitrogen and oxygen atoms in total. The van der Waals surface area contributed by atoms with Crippen LogP contribution in [0.2, 0.25) is 0 Å². The first kappa shape index (κ1) is 17.7. The van der Waals surface area contributed by atoms with E-state index < -0.39 is 0 Å². The number of hydrogen-bond acceptors (Lipinski definition) is 4. The Morgan fingerprint density at radius 3 is 2.56 bits per heavy atom. The molecule has 1 unspecified atom stereocenters. The molecule has 0 saturated carbocycles. The van der Waals surface area contributed by atoms with Crippen molar-refractivity contribution in [1.29, 1.82) is 0 Å². The van der Waals surface area contributed by atoms with Gasteiger partial charge in [-0.15, -0.1) is 0 Å². The van der Waals surface area contributed by atoms with Crippen LogP contribution in [0.3, 0.4) is 0 Å². The standard InChI is InChI=1S/C19H28N4O2/c24-18(8-10-21-19(25)16-5-4-9-20-15-16)23-13-11-22(12-14-23)17-6-2-1-3-7-17/h1-3,6-7,16,20H,4-5,8-15H2,(H,21,25). The van der Waals surface area contributed by atoms with Gasteiger partial charge in [0.15, 0.2) is 0 Å². The second-order valence-electron chi connectivity index (χ2n) is 6.79. The average molecular weight is 344 g/mol. The molecule has 0 radical (unpaired) electrons. The average Bonchev–Trinajstić information content (AvgIpc) is 2.69. The van der Waals surface area contributed by atoms with Crippen LogP contribution >= 0.6 is 0 Å². The molecular formula is C19H28N4O2. The second kappa shape index (κ2) is 8.85. The van der Waals surface area contributed by atoms with Gasteiger partial charge >= 0.3 is 0 Å². The van der Waals surface area contributed by atoms with Crippen molar-refractivity contribution < 1.29 is 9.59 Å². The lowest BCUT2D eigenvalue weighted by Gasteiger charge is -2.36. The van der Waals surface area contributed by atoms with Gasteiger partial charge in [-0.1, -0.05) is 18.2 Å². The summed E-state index contributed by atoms with van der Waals surface area (Å²) in [6.07, 6.45) is 2.37. The minimum atomic E-state index is 0.0540. The summed E-state index contributed by atoms with van der Waals surface area (Å²) in [6, 6.07) is 10.3. The van der Waals surface area contributed by atoms with Gasteiger partial charge in [0.05, 0.1) is 5.92 Å². The lowest BCUT2D eigenvalue weighted by atomic mass is 9.99. The summed E-state index contributed by atoms with van der Waals surface area (Å²) in [5, 5.41) is 6.16. The number of anilines is 1. The van der Waals surface area contributed by atoms with Gasteiger partial charge in [-0.3, -0.25) is 9.59 Å². The van der Waals surface area contributed by atoms with Crippen LogP contribution in [0, 0.1) is 5.92 Å². The van der Waals surface area contributed by atoms with Crippen LogP contribution in [-0.4, -0.2) is 62.5 Å². The SMILES string of the molecule is O=C(NCCC(=O)N1CCN(c2ccccc2)CC1)C1CCCNC1. The Labute approximate surface area is 149 Å². The molecule has 2 saturated heterocycles. The topological polar surface area (TPSA) is 64.7 Å². The summed E-state index contributed by atoms with van der Waals surface area (Å²) in [4.78, 5) is 28.6. The molecule has 2 aliphatic rings. The number of para-hydroxylation sites is 1. The van der Waals surface area contributed by atoms with Gasteiger partial charge in [0.2, 0.25) is 11.8 Å². The van der Waals surface area contributed by atoms with Gasteiger partial charge in [-0.2, -0.15) is 0 Å². The zero-order chi connectivity index (χ0) is 17.5. The van der Waals surface area contributed by atoms with Crippen molar-refractivity contribution >= 4 is 17.5 Å². The summed E-state index contributed by atoms with van der Waals surface area (Å²) in [7, 11) is 0. The van der Waals surface area contributed by atoms with Crippen LogP contribution in [0.5, 0.6) is 0 Å². The van der Waals surface area contributed by atoms with Crippen molar-refractivity contribution in [1.82, 2.24) is 15.5 Å². The maximum Gasteiger partial charge on any atom is 0.224 e. The molecule has 2 aliphatic heterocycles. The Bertz CT molecular complexity index is 564. The Balaban J connectivity index is 1.36. The Hall–Kier alpha value is -2.08. The van der Waals surface area contributed by atoms with Gasteiger partial charge in [-0.05, 0) is 31.5 Å². The van der Waals surface area contributed by atoms with Crippen molar-refractivity contribution in [2.45, 2.75) is 19.3 Å². The highest BCUT2D eigenvalue weighted by atomic mass is 16.2. The molecular weight excluding hydrogens is 316 g/mol. The van der Waals surface area contributed by atoms with Gasteiger partial charge in [0, 0.05) is 51.4 Å².